The van der Waals surface area contributed by atoms with Crippen LogP contribution < -0.4 is 10.9 Å². The van der Waals surface area contributed by atoms with E-state index in [0.717, 1.165) is 5.56 Å². The van der Waals surface area contributed by atoms with Gasteiger partial charge in [-0.1, -0.05) is 17.7 Å². The van der Waals surface area contributed by atoms with Crippen LogP contribution in [0.25, 0.3) is 0 Å². The molecule has 0 saturated carbocycles. The van der Waals surface area contributed by atoms with Crippen LogP contribution in [0, 0.1) is 6.92 Å². The third-order valence-electron chi connectivity index (χ3n) is 2.95. The third-order valence-corrected chi connectivity index (χ3v) is 3.69. The standard InChI is InChI=1S/C16H13F3N2O2S/c1-10-2-4-11(5-3-10)14(22)20-21-15(23)12-6-8-13(9-7-12)24-16(17,18)19/h2-9H,1H3,(H,20,22)(H,21,23). The summed E-state index contributed by atoms with van der Waals surface area (Å²) in [7, 11) is 0. The minimum atomic E-state index is -4.38. The first-order chi connectivity index (χ1) is 11.2. The maximum atomic E-state index is 12.2. The maximum absolute atomic E-state index is 12.2. The van der Waals surface area contributed by atoms with Gasteiger partial charge in [-0.05, 0) is 55.1 Å². The van der Waals surface area contributed by atoms with Crippen LogP contribution in [0.3, 0.4) is 0 Å². The summed E-state index contributed by atoms with van der Waals surface area (Å²) in [6.45, 7) is 1.88. The first kappa shape index (κ1) is 17.9. The zero-order valence-corrected chi connectivity index (χ0v) is 13.3. The molecule has 4 nitrogen and oxygen atoms in total. The fourth-order valence-corrected chi connectivity index (χ4v) is 2.31. The molecule has 24 heavy (non-hydrogen) atoms. The number of amides is 2. The molecule has 0 bridgehead atoms. The van der Waals surface area contributed by atoms with Gasteiger partial charge in [0.2, 0.25) is 0 Å². The number of hydrogen-bond donors (Lipinski definition) is 2. The minimum absolute atomic E-state index is 0.0252. The molecule has 0 aliphatic heterocycles. The molecule has 2 aromatic carbocycles. The van der Waals surface area contributed by atoms with Gasteiger partial charge in [0.05, 0.1) is 0 Å². The normalized spacial score (nSPS) is 11.0. The molecule has 0 radical (unpaired) electrons. The van der Waals surface area contributed by atoms with Crippen molar-refractivity contribution in [2.24, 2.45) is 0 Å². The SMILES string of the molecule is Cc1ccc(C(=O)NNC(=O)c2ccc(SC(F)(F)F)cc2)cc1. The second kappa shape index (κ2) is 7.39. The molecule has 8 heteroatoms. The van der Waals surface area contributed by atoms with Crippen LogP contribution in [0.15, 0.2) is 53.4 Å². The van der Waals surface area contributed by atoms with Gasteiger partial charge in [0.15, 0.2) is 0 Å². The quantitative estimate of drug-likeness (QED) is 0.653. The number of nitrogens with one attached hydrogen (secondary N) is 2. The van der Waals surface area contributed by atoms with E-state index in [1.165, 1.54) is 24.3 Å². The second-order valence-electron chi connectivity index (χ2n) is 4.85. The Balaban J connectivity index is 1.92. The lowest BCUT2D eigenvalue weighted by molar-refractivity contribution is -0.0328. The Labute approximate surface area is 140 Å². The minimum Gasteiger partial charge on any atom is -0.267 e. The molecule has 0 aromatic heterocycles. The van der Waals surface area contributed by atoms with E-state index in [9.17, 15) is 22.8 Å². The van der Waals surface area contributed by atoms with E-state index in [4.69, 9.17) is 0 Å². The molecule has 0 aliphatic rings. The van der Waals surface area contributed by atoms with E-state index in [0.29, 0.717) is 5.56 Å². The van der Waals surface area contributed by atoms with Crippen molar-refractivity contribution in [1.82, 2.24) is 10.9 Å². The molecule has 126 valence electrons. The summed E-state index contributed by atoms with van der Waals surface area (Å²) in [5.74, 6) is -1.12. The van der Waals surface area contributed by atoms with Gasteiger partial charge in [0.25, 0.3) is 11.8 Å². The molecule has 2 N–H and O–H groups in total. The van der Waals surface area contributed by atoms with Gasteiger partial charge >= 0.3 is 5.51 Å². The molecule has 0 atom stereocenters. The number of thioether (sulfide) groups is 1. The molecular formula is C16H13F3N2O2S. The molecule has 2 aromatic rings. The Morgan fingerprint density at radius 2 is 1.25 bits per heavy atom. The van der Waals surface area contributed by atoms with Crippen LogP contribution in [0.1, 0.15) is 26.3 Å². The van der Waals surface area contributed by atoms with Gasteiger partial charge < -0.3 is 0 Å². The number of aryl methyl sites for hydroxylation is 1. The van der Waals surface area contributed by atoms with E-state index in [1.54, 1.807) is 24.3 Å². The van der Waals surface area contributed by atoms with Gasteiger partial charge in [-0.25, -0.2) is 0 Å². The van der Waals surface area contributed by atoms with Crippen molar-refractivity contribution in [2.45, 2.75) is 17.3 Å². The number of hydrogen-bond acceptors (Lipinski definition) is 3. The molecule has 2 amide bonds. The lowest BCUT2D eigenvalue weighted by Gasteiger charge is -2.09. The van der Waals surface area contributed by atoms with Gasteiger partial charge in [-0.2, -0.15) is 13.2 Å². The van der Waals surface area contributed by atoms with Crippen LogP contribution in [0.4, 0.5) is 13.2 Å². The monoisotopic (exact) mass is 354 g/mol. The highest BCUT2D eigenvalue weighted by Gasteiger charge is 2.29. The Morgan fingerprint density at radius 1 is 0.833 bits per heavy atom. The second-order valence-corrected chi connectivity index (χ2v) is 5.98. The van der Waals surface area contributed by atoms with Gasteiger partial charge in [0, 0.05) is 16.0 Å². The predicted molar refractivity (Wildman–Crippen MR) is 84.5 cm³/mol. The fraction of sp³-hybridized carbons (Fsp3) is 0.125. The highest BCUT2D eigenvalue weighted by molar-refractivity contribution is 8.00. The summed E-state index contributed by atoms with van der Waals surface area (Å²) in [5.41, 5.74) is 1.57. The summed E-state index contributed by atoms with van der Waals surface area (Å²) < 4.78 is 36.7. The zero-order chi connectivity index (χ0) is 17.7. The van der Waals surface area contributed by atoms with Crippen LogP contribution >= 0.6 is 11.8 Å². The lowest BCUT2D eigenvalue weighted by Crippen LogP contribution is -2.41. The molecule has 0 unspecified atom stereocenters. The fourth-order valence-electron chi connectivity index (χ4n) is 1.77. The molecule has 0 fully saturated rings. The average Bonchev–Trinajstić information content (AvgIpc) is 2.52. The van der Waals surface area contributed by atoms with Crippen molar-refractivity contribution in [3.63, 3.8) is 0 Å². The van der Waals surface area contributed by atoms with Crippen molar-refractivity contribution in [3.05, 3.63) is 65.2 Å². The zero-order valence-electron chi connectivity index (χ0n) is 12.5. The van der Waals surface area contributed by atoms with Crippen LogP contribution in [0.5, 0.6) is 0 Å². The molecule has 2 rings (SSSR count). The van der Waals surface area contributed by atoms with E-state index in [-0.39, 0.29) is 22.2 Å². The van der Waals surface area contributed by atoms with E-state index in [1.807, 2.05) is 6.92 Å². The summed E-state index contributed by atoms with van der Waals surface area (Å²) in [4.78, 5) is 23.7. The first-order valence-corrected chi connectivity index (χ1v) is 7.59. The highest BCUT2D eigenvalue weighted by atomic mass is 32.2. The Hall–Kier alpha value is -2.48. The van der Waals surface area contributed by atoms with Crippen molar-refractivity contribution in [3.8, 4) is 0 Å². The molecule has 0 heterocycles. The first-order valence-electron chi connectivity index (χ1n) is 6.78. The van der Waals surface area contributed by atoms with Crippen molar-refractivity contribution < 1.29 is 22.8 Å². The van der Waals surface area contributed by atoms with Gasteiger partial charge in [-0.15, -0.1) is 0 Å². The third kappa shape index (κ3) is 5.31. The molecular weight excluding hydrogens is 341 g/mol. The lowest BCUT2D eigenvalue weighted by atomic mass is 10.1. The van der Waals surface area contributed by atoms with E-state index < -0.39 is 17.3 Å². The van der Waals surface area contributed by atoms with Crippen LogP contribution in [-0.2, 0) is 0 Å². The Bertz CT molecular complexity index is 728. The van der Waals surface area contributed by atoms with Crippen molar-refractivity contribution in [1.29, 1.82) is 0 Å². The summed E-state index contributed by atoms with van der Waals surface area (Å²) >= 11 is -0.264. The largest absolute Gasteiger partial charge is 0.446 e. The van der Waals surface area contributed by atoms with Crippen LogP contribution in [-0.4, -0.2) is 17.3 Å². The van der Waals surface area contributed by atoms with Gasteiger partial charge in [0.1, 0.15) is 0 Å². The summed E-state index contributed by atoms with van der Waals surface area (Å²) in [5, 5.41) is 0. The van der Waals surface area contributed by atoms with E-state index >= 15 is 0 Å². The number of carbonyl (C=O) groups excluding carboxylic acids is 2. The van der Waals surface area contributed by atoms with Gasteiger partial charge in [-0.3, -0.25) is 20.4 Å². The Morgan fingerprint density at radius 3 is 1.67 bits per heavy atom. The number of hydrazine groups is 1. The number of halogens is 3. The van der Waals surface area contributed by atoms with Crippen molar-refractivity contribution in [2.75, 3.05) is 0 Å². The molecule has 0 spiro atoms. The maximum Gasteiger partial charge on any atom is 0.446 e. The highest BCUT2D eigenvalue weighted by Crippen LogP contribution is 2.36. The topological polar surface area (TPSA) is 58.2 Å². The number of rotatable bonds is 3. The van der Waals surface area contributed by atoms with E-state index in [2.05, 4.69) is 10.9 Å². The smallest absolute Gasteiger partial charge is 0.267 e. The summed E-state index contributed by atoms with van der Waals surface area (Å²) in [6.07, 6.45) is 0. The van der Waals surface area contributed by atoms with Crippen molar-refractivity contribution >= 4 is 23.6 Å². The predicted octanol–water partition coefficient (Wildman–Crippen LogP) is 3.68. The number of alkyl halides is 3. The van der Waals surface area contributed by atoms with Crippen LogP contribution in [0.2, 0.25) is 0 Å². The number of benzene rings is 2. The molecule has 0 saturated heterocycles. The average molecular weight is 354 g/mol. The summed E-state index contributed by atoms with van der Waals surface area (Å²) in [6, 6.07) is 11.6. The molecule has 0 aliphatic carbocycles. The number of carbonyl (C=O) groups is 2. The Kier molecular flexibility index (Phi) is 5.50.